The molecule has 1 unspecified atom stereocenters. The van der Waals surface area contributed by atoms with E-state index < -0.39 is 36.0 Å². The van der Waals surface area contributed by atoms with E-state index in [1.54, 1.807) is 54.6 Å². The molecule has 0 spiro atoms. The highest BCUT2D eigenvalue weighted by Crippen LogP contribution is 2.28. The van der Waals surface area contributed by atoms with Crippen molar-refractivity contribution in [2.45, 2.75) is 12.5 Å². The first-order valence-corrected chi connectivity index (χ1v) is 11.9. The third-order valence-corrected chi connectivity index (χ3v) is 6.31. The highest BCUT2D eigenvalue weighted by atomic mass is 79.9. The molecule has 178 valence electrons. The molecule has 1 saturated heterocycles. The van der Waals surface area contributed by atoms with Crippen molar-refractivity contribution in [2.24, 2.45) is 0 Å². The predicted molar refractivity (Wildman–Crippen MR) is 138 cm³/mol. The molecule has 0 bridgehead atoms. The van der Waals surface area contributed by atoms with Crippen molar-refractivity contribution >= 4 is 74.0 Å². The van der Waals surface area contributed by atoms with Crippen molar-refractivity contribution in [3.05, 3.63) is 93.7 Å². The maximum absolute atomic E-state index is 14.0. The molecule has 4 rings (SSSR count). The standard InChI is InChI=1S/C24H17BrClFN4O3S/c25-15-7-5-14(6-8-15)22(33)29-31-20(13-21(32)28-19-4-2-1-3-18(19)27)23(34)30(24(31)35)17-11-9-16(26)10-12-17/h1-12,20H,13H2,(H,28,32)(H,29,33). The summed E-state index contributed by atoms with van der Waals surface area (Å²) in [5, 5.41) is 4.08. The van der Waals surface area contributed by atoms with Gasteiger partial charge >= 0.3 is 0 Å². The van der Waals surface area contributed by atoms with Gasteiger partial charge in [0.25, 0.3) is 11.8 Å². The molecule has 7 nitrogen and oxygen atoms in total. The number of hydrazine groups is 1. The second-order valence-electron chi connectivity index (χ2n) is 7.50. The number of thiocarbonyl (C=S) groups is 1. The lowest BCUT2D eigenvalue weighted by atomic mass is 10.1. The summed E-state index contributed by atoms with van der Waals surface area (Å²) in [6.07, 6.45) is -0.391. The summed E-state index contributed by atoms with van der Waals surface area (Å²) in [5.41, 5.74) is 3.35. The van der Waals surface area contributed by atoms with Crippen molar-refractivity contribution in [3.63, 3.8) is 0 Å². The molecule has 0 radical (unpaired) electrons. The lowest BCUT2D eigenvalue weighted by Crippen LogP contribution is -2.49. The smallest absolute Gasteiger partial charge is 0.269 e. The minimum absolute atomic E-state index is 0.0218. The Balaban J connectivity index is 1.61. The van der Waals surface area contributed by atoms with Crippen LogP contribution >= 0.6 is 39.7 Å². The van der Waals surface area contributed by atoms with Crippen LogP contribution in [0.3, 0.4) is 0 Å². The maximum atomic E-state index is 14.0. The molecule has 1 aliphatic heterocycles. The van der Waals surface area contributed by atoms with Gasteiger partial charge in [0.1, 0.15) is 11.9 Å². The highest BCUT2D eigenvalue weighted by molar-refractivity contribution is 9.10. The normalized spacial score (nSPS) is 15.3. The number of amides is 3. The van der Waals surface area contributed by atoms with E-state index in [2.05, 4.69) is 26.7 Å². The van der Waals surface area contributed by atoms with Crippen molar-refractivity contribution in [1.29, 1.82) is 0 Å². The van der Waals surface area contributed by atoms with Crippen LogP contribution in [0.4, 0.5) is 15.8 Å². The van der Waals surface area contributed by atoms with Gasteiger partial charge in [0.05, 0.1) is 17.8 Å². The molecule has 1 atom stereocenters. The van der Waals surface area contributed by atoms with Crippen LogP contribution < -0.4 is 15.6 Å². The van der Waals surface area contributed by atoms with Crippen molar-refractivity contribution in [2.75, 3.05) is 10.2 Å². The van der Waals surface area contributed by atoms with E-state index in [9.17, 15) is 18.8 Å². The van der Waals surface area contributed by atoms with Gasteiger partial charge in [-0.2, -0.15) is 0 Å². The number of para-hydroxylation sites is 1. The van der Waals surface area contributed by atoms with E-state index in [-0.39, 0.29) is 10.8 Å². The summed E-state index contributed by atoms with van der Waals surface area (Å²) in [6, 6.07) is 17.5. The number of hydrogen-bond acceptors (Lipinski definition) is 4. The van der Waals surface area contributed by atoms with Gasteiger partial charge in [-0.05, 0) is 72.9 Å². The molecule has 0 aliphatic carbocycles. The molecule has 1 aliphatic rings. The number of benzene rings is 3. The largest absolute Gasteiger partial charge is 0.324 e. The molecule has 0 saturated carbocycles. The Morgan fingerprint density at radius 2 is 1.69 bits per heavy atom. The first kappa shape index (κ1) is 24.8. The van der Waals surface area contributed by atoms with E-state index >= 15 is 0 Å². The Hall–Kier alpha value is -3.34. The molecule has 3 amide bonds. The number of rotatable bonds is 6. The fraction of sp³-hybridized carbons (Fsp3) is 0.0833. The van der Waals surface area contributed by atoms with Crippen LogP contribution in [0.5, 0.6) is 0 Å². The minimum atomic E-state index is -1.16. The SMILES string of the molecule is O=C(CC1C(=O)N(c2ccc(Cl)cc2)C(=S)N1NC(=O)c1ccc(Br)cc1)Nc1ccccc1F. The van der Waals surface area contributed by atoms with Crippen molar-refractivity contribution in [1.82, 2.24) is 10.4 Å². The molecular weight excluding hydrogens is 559 g/mol. The Labute approximate surface area is 218 Å². The number of nitrogens with one attached hydrogen (secondary N) is 2. The zero-order valence-electron chi connectivity index (χ0n) is 17.9. The number of carbonyl (C=O) groups is 3. The van der Waals surface area contributed by atoms with Crippen LogP contribution in [0.15, 0.2) is 77.3 Å². The third-order valence-electron chi connectivity index (χ3n) is 5.15. The number of anilines is 2. The number of carbonyl (C=O) groups excluding carboxylic acids is 3. The van der Waals surface area contributed by atoms with Gasteiger partial charge in [-0.25, -0.2) is 9.40 Å². The molecule has 2 N–H and O–H groups in total. The first-order chi connectivity index (χ1) is 16.7. The Morgan fingerprint density at radius 1 is 1.03 bits per heavy atom. The van der Waals surface area contributed by atoms with Gasteiger partial charge in [0.15, 0.2) is 0 Å². The molecule has 35 heavy (non-hydrogen) atoms. The average Bonchev–Trinajstić information content (AvgIpc) is 3.05. The first-order valence-electron chi connectivity index (χ1n) is 10.3. The second kappa shape index (κ2) is 10.5. The van der Waals surface area contributed by atoms with Crippen LogP contribution in [0.25, 0.3) is 0 Å². The molecule has 1 fully saturated rings. The summed E-state index contributed by atoms with van der Waals surface area (Å²) in [6.45, 7) is 0. The zero-order chi connectivity index (χ0) is 25.1. The average molecular weight is 576 g/mol. The summed E-state index contributed by atoms with van der Waals surface area (Å²) < 4.78 is 14.8. The molecule has 11 heteroatoms. The van der Waals surface area contributed by atoms with E-state index in [1.165, 1.54) is 28.1 Å². The van der Waals surface area contributed by atoms with Crippen LogP contribution in [-0.4, -0.2) is 33.9 Å². The fourth-order valence-electron chi connectivity index (χ4n) is 3.44. The van der Waals surface area contributed by atoms with Gasteiger partial charge in [0, 0.05) is 15.1 Å². The summed E-state index contributed by atoms with van der Waals surface area (Å²) in [4.78, 5) is 40.2. The van der Waals surface area contributed by atoms with E-state index in [0.717, 1.165) is 4.47 Å². The van der Waals surface area contributed by atoms with Crippen molar-refractivity contribution in [3.8, 4) is 0 Å². The summed E-state index contributed by atoms with van der Waals surface area (Å²) in [5.74, 6) is -2.29. The maximum Gasteiger partial charge on any atom is 0.269 e. The summed E-state index contributed by atoms with van der Waals surface area (Å²) >= 11 is 14.8. The molecular formula is C24H17BrClFN4O3S. The Morgan fingerprint density at radius 3 is 2.34 bits per heavy atom. The predicted octanol–water partition coefficient (Wildman–Crippen LogP) is 4.92. The van der Waals surface area contributed by atoms with E-state index in [4.69, 9.17) is 23.8 Å². The summed E-state index contributed by atoms with van der Waals surface area (Å²) in [7, 11) is 0. The van der Waals surface area contributed by atoms with Crippen LogP contribution in [0.1, 0.15) is 16.8 Å². The number of nitrogens with zero attached hydrogens (tertiary/aromatic N) is 2. The Bertz CT molecular complexity index is 1310. The monoisotopic (exact) mass is 574 g/mol. The molecule has 3 aromatic carbocycles. The highest BCUT2D eigenvalue weighted by Gasteiger charge is 2.45. The van der Waals surface area contributed by atoms with Gasteiger partial charge in [0.2, 0.25) is 11.0 Å². The van der Waals surface area contributed by atoms with Gasteiger partial charge in [-0.15, -0.1) is 0 Å². The third kappa shape index (κ3) is 5.50. The quantitative estimate of drug-likeness (QED) is 0.408. The van der Waals surface area contributed by atoms with Gasteiger partial charge < -0.3 is 5.32 Å². The topological polar surface area (TPSA) is 81.8 Å². The number of hydrogen-bond donors (Lipinski definition) is 2. The van der Waals surface area contributed by atoms with Crippen LogP contribution in [-0.2, 0) is 9.59 Å². The zero-order valence-corrected chi connectivity index (χ0v) is 21.0. The van der Waals surface area contributed by atoms with E-state index in [0.29, 0.717) is 16.3 Å². The minimum Gasteiger partial charge on any atom is -0.324 e. The Kier molecular flexibility index (Phi) is 7.44. The molecule has 1 heterocycles. The second-order valence-corrected chi connectivity index (χ2v) is 9.22. The lowest BCUT2D eigenvalue weighted by molar-refractivity contribution is -0.124. The molecule has 0 aromatic heterocycles. The number of halogens is 3. The van der Waals surface area contributed by atoms with Crippen molar-refractivity contribution < 1.29 is 18.8 Å². The van der Waals surface area contributed by atoms with Crippen LogP contribution in [0.2, 0.25) is 5.02 Å². The lowest BCUT2D eigenvalue weighted by Gasteiger charge is -2.24. The van der Waals surface area contributed by atoms with E-state index in [1.807, 2.05) is 0 Å². The van der Waals surface area contributed by atoms with Crippen LogP contribution in [0, 0.1) is 5.82 Å². The molecule has 3 aromatic rings. The fourth-order valence-corrected chi connectivity index (χ4v) is 4.20. The van der Waals surface area contributed by atoms with Gasteiger partial charge in [-0.1, -0.05) is 39.7 Å². The van der Waals surface area contributed by atoms with Gasteiger partial charge in [-0.3, -0.25) is 24.7 Å².